The van der Waals surface area contributed by atoms with E-state index in [1.807, 2.05) is 4.90 Å². The molecule has 0 spiro atoms. The van der Waals surface area contributed by atoms with E-state index in [1.54, 1.807) is 23.2 Å². The van der Waals surface area contributed by atoms with E-state index in [2.05, 4.69) is 9.72 Å². The normalized spacial score (nSPS) is 21.9. The van der Waals surface area contributed by atoms with Gasteiger partial charge in [0.15, 0.2) is 0 Å². The van der Waals surface area contributed by atoms with Crippen LogP contribution in [-0.2, 0) is 4.74 Å². The molecule has 1 aromatic rings. The first-order valence-electron chi connectivity index (χ1n) is 6.83. The molecule has 20 heavy (non-hydrogen) atoms. The van der Waals surface area contributed by atoms with Crippen LogP contribution in [-0.4, -0.2) is 48.1 Å². The summed E-state index contributed by atoms with van der Waals surface area (Å²) in [5.74, 6) is -0.471. The monoisotopic (exact) mass is 275 g/mol. The molecule has 3 heterocycles. The fourth-order valence-corrected chi connectivity index (χ4v) is 2.87. The average molecular weight is 275 g/mol. The van der Waals surface area contributed by atoms with Gasteiger partial charge in [0.1, 0.15) is 5.69 Å². The minimum atomic E-state index is -0.471. The van der Waals surface area contributed by atoms with Gasteiger partial charge in [0.05, 0.1) is 25.0 Å². The molecular formula is C14H17N3O3. The number of carbonyl (C=O) groups is 2. The molecule has 6 heteroatoms. The maximum Gasteiger partial charge on any atom is 0.356 e. The van der Waals surface area contributed by atoms with Crippen LogP contribution in [0.1, 0.15) is 29.8 Å². The molecule has 1 aromatic heterocycles. The highest BCUT2D eigenvalue weighted by Crippen LogP contribution is 2.29. The van der Waals surface area contributed by atoms with E-state index >= 15 is 0 Å². The van der Waals surface area contributed by atoms with Gasteiger partial charge in [-0.25, -0.2) is 14.6 Å². The Kier molecular flexibility index (Phi) is 3.30. The van der Waals surface area contributed by atoms with Gasteiger partial charge in [0.25, 0.3) is 0 Å². The van der Waals surface area contributed by atoms with Crippen LogP contribution in [0.2, 0.25) is 0 Å². The number of anilines is 1. The number of esters is 1. The second kappa shape index (κ2) is 5.11. The summed E-state index contributed by atoms with van der Waals surface area (Å²) in [6.45, 7) is 1.55. The highest BCUT2D eigenvalue weighted by molar-refractivity contribution is 5.95. The number of amides is 2. The summed E-state index contributed by atoms with van der Waals surface area (Å²) >= 11 is 0. The lowest BCUT2D eigenvalue weighted by Gasteiger charge is -2.27. The van der Waals surface area contributed by atoms with Crippen LogP contribution in [0.3, 0.4) is 0 Å². The Hall–Kier alpha value is -2.11. The molecule has 2 fully saturated rings. The third-order valence-corrected chi connectivity index (χ3v) is 3.95. The lowest BCUT2D eigenvalue weighted by Crippen LogP contribution is -2.38. The van der Waals surface area contributed by atoms with Crippen molar-refractivity contribution in [1.82, 2.24) is 9.88 Å². The number of pyridine rings is 1. The number of nitrogens with zero attached hydrogens (tertiary/aromatic N) is 3. The summed E-state index contributed by atoms with van der Waals surface area (Å²) < 4.78 is 4.61. The summed E-state index contributed by atoms with van der Waals surface area (Å²) in [5, 5.41) is 0. The van der Waals surface area contributed by atoms with Crippen molar-refractivity contribution in [2.24, 2.45) is 0 Å². The van der Waals surface area contributed by atoms with Crippen molar-refractivity contribution in [1.29, 1.82) is 0 Å². The van der Waals surface area contributed by atoms with Gasteiger partial charge in [-0.1, -0.05) is 0 Å². The van der Waals surface area contributed by atoms with E-state index in [-0.39, 0.29) is 11.7 Å². The molecule has 0 aromatic carbocycles. The number of methoxy groups -OCH3 is 1. The Labute approximate surface area is 117 Å². The molecule has 2 aliphatic rings. The van der Waals surface area contributed by atoms with Gasteiger partial charge in [-0.2, -0.15) is 0 Å². The number of urea groups is 1. The zero-order chi connectivity index (χ0) is 14.1. The second-order valence-corrected chi connectivity index (χ2v) is 5.13. The second-order valence-electron chi connectivity index (χ2n) is 5.13. The quantitative estimate of drug-likeness (QED) is 0.770. The average Bonchev–Trinajstić information content (AvgIpc) is 2.84. The van der Waals surface area contributed by atoms with Crippen LogP contribution in [0.5, 0.6) is 0 Å². The van der Waals surface area contributed by atoms with Gasteiger partial charge in [-0.3, -0.25) is 4.90 Å². The van der Waals surface area contributed by atoms with Crippen molar-refractivity contribution in [2.75, 3.05) is 25.1 Å². The summed E-state index contributed by atoms with van der Waals surface area (Å²) in [5.41, 5.74) is 0.984. The van der Waals surface area contributed by atoms with Gasteiger partial charge < -0.3 is 9.64 Å². The molecule has 0 N–H and O–H groups in total. The molecular weight excluding hydrogens is 258 g/mol. The highest BCUT2D eigenvalue weighted by Gasteiger charge is 2.39. The molecule has 0 saturated carbocycles. The number of piperidine rings is 1. The van der Waals surface area contributed by atoms with Crippen molar-refractivity contribution in [3.63, 3.8) is 0 Å². The number of hydrogen-bond acceptors (Lipinski definition) is 4. The van der Waals surface area contributed by atoms with Gasteiger partial charge >= 0.3 is 12.0 Å². The maximum absolute atomic E-state index is 12.3. The van der Waals surface area contributed by atoms with E-state index in [0.717, 1.165) is 25.1 Å². The Bertz CT molecular complexity index is 529. The van der Waals surface area contributed by atoms with Crippen molar-refractivity contribution < 1.29 is 14.3 Å². The zero-order valence-corrected chi connectivity index (χ0v) is 11.4. The molecule has 1 atom stereocenters. The lowest BCUT2D eigenvalue weighted by molar-refractivity contribution is 0.0594. The van der Waals surface area contributed by atoms with Gasteiger partial charge in [-0.05, 0) is 31.4 Å². The Morgan fingerprint density at radius 3 is 2.90 bits per heavy atom. The third kappa shape index (κ3) is 2.11. The lowest BCUT2D eigenvalue weighted by atomic mass is 10.0. The first kappa shape index (κ1) is 12.9. The Morgan fingerprint density at radius 1 is 1.40 bits per heavy atom. The van der Waals surface area contributed by atoms with Crippen molar-refractivity contribution in [3.05, 3.63) is 24.0 Å². The third-order valence-electron chi connectivity index (χ3n) is 3.95. The van der Waals surface area contributed by atoms with E-state index in [9.17, 15) is 9.59 Å². The number of ether oxygens (including phenoxy) is 1. The Morgan fingerprint density at radius 2 is 2.25 bits per heavy atom. The first-order chi connectivity index (χ1) is 9.70. The molecule has 106 valence electrons. The van der Waals surface area contributed by atoms with E-state index in [1.165, 1.54) is 13.5 Å². The summed E-state index contributed by atoms with van der Waals surface area (Å²) in [7, 11) is 1.32. The molecule has 0 aliphatic carbocycles. The number of fused-ring (bicyclic) bond motifs is 1. The van der Waals surface area contributed by atoms with Gasteiger partial charge in [0, 0.05) is 13.1 Å². The minimum absolute atomic E-state index is 0.0438. The summed E-state index contributed by atoms with van der Waals surface area (Å²) in [4.78, 5) is 31.4. The molecule has 6 nitrogen and oxygen atoms in total. The van der Waals surface area contributed by atoms with Gasteiger partial charge in [-0.15, -0.1) is 0 Å². The maximum atomic E-state index is 12.3. The van der Waals surface area contributed by atoms with Crippen LogP contribution in [0, 0.1) is 0 Å². The molecule has 0 radical (unpaired) electrons. The fraction of sp³-hybridized carbons (Fsp3) is 0.500. The van der Waals surface area contributed by atoms with Crippen LogP contribution in [0.15, 0.2) is 18.3 Å². The van der Waals surface area contributed by atoms with Crippen LogP contribution in [0.4, 0.5) is 10.5 Å². The largest absolute Gasteiger partial charge is 0.464 e. The van der Waals surface area contributed by atoms with Crippen LogP contribution >= 0.6 is 0 Å². The topological polar surface area (TPSA) is 62.7 Å². The van der Waals surface area contributed by atoms with Crippen LogP contribution < -0.4 is 4.90 Å². The predicted molar refractivity (Wildman–Crippen MR) is 72.7 cm³/mol. The molecule has 2 amide bonds. The molecule has 3 rings (SSSR count). The highest BCUT2D eigenvalue weighted by atomic mass is 16.5. The van der Waals surface area contributed by atoms with Crippen molar-refractivity contribution in [3.8, 4) is 0 Å². The Balaban J connectivity index is 1.79. The van der Waals surface area contributed by atoms with E-state index in [4.69, 9.17) is 0 Å². The number of hydrogen-bond donors (Lipinski definition) is 0. The molecule has 0 bridgehead atoms. The summed E-state index contributed by atoms with van der Waals surface area (Å²) in [6.07, 6.45) is 4.88. The standard InChI is InChI=1S/C14H17N3O3/c1-20-13(18)12-6-5-10(8-15-12)17-9-11-4-2-3-7-16(11)14(17)19/h5-6,8,11H,2-4,7,9H2,1H3. The van der Waals surface area contributed by atoms with Crippen LogP contribution in [0.25, 0.3) is 0 Å². The molecule has 2 aliphatic heterocycles. The SMILES string of the molecule is COC(=O)c1ccc(N2CC3CCCCN3C2=O)cn1. The number of carbonyl (C=O) groups excluding carboxylic acids is 2. The number of rotatable bonds is 2. The summed E-state index contributed by atoms with van der Waals surface area (Å²) in [6, 6.07) is 3.69. The fourth-order valence-electron chi connectivity index (χ4n) is 2.87. The zero-order valence-electron chi connectivity index (χ0n) is 11.4. The van der Waals surface area contributed by atoms with Gasteiger partial charge in [0.2, 0.25) is 0 Å². The first-order valence-corrected chi connectivity index (χ1v) is 6.83. The molecule has 1 unspecified atom stereocenters. The van der Waals surface area contributed by atoms with E-state index < -0.39 is 5.97 Å². The van der Waals surface area contributed by atoms with E-state index in [0.29, 0.717) is 12.6 Å². The predicted octanol–water partition coefficient (Wildman–Crippen LogP) is 1.66. The van der Waals surface area contributed by atoms with Crippen molar-refractivity contribution in [2.45, 2.75) is 25.3 Å². The van der Waals surface area contributed by atoms with Crippen molar-refractivity contribution >= 4 is 17.7 Å². The smallest absolute Gasteiger partial charge is 0.356 e. The molecule has 2 saturated heterocycles. The minimum Gasteiger partial charge on any atom is -0.464 e. The number of aromatic nitrogens is 1.